The Hall–Kier alpha value is -3.44. The molecule has 4 aromatic rings. The van der Waals surface area contributed by atoms with Crippen LogP contribution in [0.5, 0.6) is 0 Å². The lowest BCUT2D eigenvalue weighted by molar-refractivity contribution is 0.385. The Bertz CT molecular complexity index is 1360. The van der Waals surface area contributed by atoms with E-state index in [2.05, 4.69) is 30.1 Å². The second-order valence-corrected chi connectivity index (χ2v) is 8.70. The predicted molar refractivity (Wildman–Crippen MR) is 112 cm³/mol. The molecule has 0 fully saturated rings. The summed E-state index contributed by atoms with van der Waals surface area (Å²) in [6, 6.07) is 8.68. The monoisotopic (exact) mass is 442 g/mol. The molecule has 0 unspecified atom stereocenters. The van der Waals surface area contributed by atoms with Gasteiger partial charge in [0, 0.05) is 12.3 Å². The molecule has 0 amide bonds. The van der Waals surface area contributed by atoms with Crippen molar-refractivity contribution in [2.75, 3.05) is 12.4 Å². The topological polar surface area (TPSA) is 123 Å². The second kappa shape index (κ2) is 8.00. The maximum Gasteiger partial charge on any atom is 0.242 e. The summed E-state index contributed by atoms with van der Waals surface area (Å²) in [6.07, 6.45) is 1.28. The number of rotatable bonds is 6. The Labute approximate surface area is 177 Å². The molecule has 0 spiro atoms. The summed E-state index contributed by atoms with van der Waals surface area (Å²) in [5.74, 6) is 0.873. The predicted octanol–water partition coefficient (Wildman–Crippen LogP) is 3.21. The first-order valence-electron chi connectivity index (χ1n) is 9.33. The van der Waals surface area contributed by atoms with Gasteiger partial charge in [0.15, 0.2) is 5.82 Å². The van der Waals surface area contributed by atoms with Gasteiger partial charge in [-0.05, 0) is 49.4 Å². The summed E-state index contributed by atoms with van der Waals surface area (Å²) in [5, 5.41) is 7.57. The van der Waals surface area contributed by atoms with Crippen LogP contribution in [0.1, 0.15) is 24.7 Å². The van der Waals surface area contributed by atoms with E-state index >= 15 is 0 Å². The van der Waals surface area contributed by atoms with Crippen molar-refractivity contribution >= 4 is 26.7 Å². The van der Waals surface area contributed by atoms with Gasteiger partial charge in [-0.3, -0.25) is 0 Å². The summed E-state index contributed by atoms with van der Waals surface area (Å²) in [7, 11) is -2.51. The molecule has 2 aromatic carbocycles. The highest BCUT2D eigenvalue weighted by molar-refractivity contribution is 7.89. The van der Waals surface area contributed by atoms with Gasteiger partial charge in [-0.1, -0.05) is 17.3 Å². The average Bonchev–Trinajstić information content (AvgIpc) is 3.20. The smallest absolute Gasteiger partial charge is 0.242 e. The van der Waals surface area contributed by atoms with Crippen LogP contribution in [-0.2, 0) is 10.0 Å². The number of nitrogens with one attached hydrogen (secondary N) is 2. The fraction of sp³-hybridized carbons (Fsp3) is 0.200. The van der Waals surface area contributed by atoms with Crippen molar-refractivity contribution in [3.05, 3.63) is 60.3 Å². The Morgan fingerprint density at radius 1 is 1.10 bits per heavy atom. The van der Waals surface area contributed by atoms with Gasteiger partial charge in [-0.25, -0.2) is 27.5 Å². The number of hydrogen-bond donors (Lipinski definition) is 2. The van der Waals surface area contributed by atoms with E-state index in [4.69, 9.17) is 4.52 Å². The third-order valence-electron chi connectivity index (χ3n) is 4.72. The summed E-state index contributed by atoms with van der Waals surface area (Å²) < 4.78 is 46.2. The van der Waals surface area contributed by atoms with Crippen molar-refractivity contribution < 1.29 is 17.3 Å². The van der Waals surface area contributed by atoms with Crippen molar-refractivity contribution in [1.29, 1.82) is 0 Å². The number of aryl methyl sites for hydroxylation is 1. The van der Waals surface area contributed by atoms with Gasteiger partial charge in [0.25, 0.3) is 0 Å². The zero-order valence-electron chi connectivity index (χ0n) is 16.9. The number of hydrogen-bond acceptors (Lipinski definition) is 8. The van der Waals surface area contributed by atoms with Crippen molar-refractivity contribution in [2.45, 2.75) is 24.8 Å². The van der Waals surface area contributed by atoms with Crippen LogP contribution >= 0.6 is 0 Å². The van der Waals surface area contributed by atoms with E-state index in [9.17, 15) is 12.8 Å². The lowest BCUT2D eigenvalue weighted by atomic mass is 10.0. The molecule has 160 valence electrons. The first-order chi connectivity index (χ1) is 14.8. The maximum absolute atomic E-state index is 13.4. The minimum Gasteiger partial charge on any atom is -0.360 e. The fourth-order valence-corrected chi connectivity index (χ4v) is 4.05. The van der Waals surface area contributed by atoms with Gasteiger partial charge >= 0.3 is 0 Å². The molecule has 2 aromatic heterocycles. The summed E-state index contributed by atoms with van der Waals surface area (Å²) in [6.45, 7) is 3.51. The molecule has 31 heavy (non-hydrogen) atoms. The standard InChI is InChI=1S/C20H19FN6O3S/c1-11(19-26-12(2)30-27-19)25-20-16-8-14(13-4-6-15(21)7-5-13)9-17(31(28,29)22-3)18(16)23-10-24-20/h4-11,22H,1-3H3,(H,23,24,25)/t11-/m1/s1. The van der Waals surface area contributed by atoms with Crippen LogP contribution in [-0.4, -0.2) is 35.6 Å². The van der Waals surface area contributed by atoms with E-state index in [-0.39, 0.29) is 22.3 Å². The van der Waals surface area contributed by atoms with Crippen LogP contribution in [0.25, 0.3) is 22.0 Å². The first-order valence-corrected chi connectivity index (χ1v) is 10.8. The molecule has 1 atom stereocenters. The third kappa shape index (κ3) is 4.09. The maximum atomic E-state index is 13.4. The highest BCUT2D eigenvalue weighted by Gasteiger charge is 2.22. The van der Waals surface area contributed by atoms with Gasteiger partial charge in [-0.15, -0.1) is 0 Å². The van der Waals surface area contributed by atoms with E-state index in [1.807, 2.05) is 6.92 Å². The van der Waals surface area contributed by atoms with Gasteiger partial charge in [0.2, 0.25) is 15.9 Å². The molecule has 9 nitrogen and oxygen atoms in total. The average molecular weight is 442 g/mol. The van der Waals surface area contributed by atoms with E-state index < -0.39 is 10.0 Å². The fourth-order valence-electron chi connectivity index (χ4n) is 3.13. The van der Waals surface area contributed by atoms with Gasteiger partial charge in [0.1, 0.15) is 22.9 Å². The lowest BCUT2D eigenvalue weighted by Gasteiger charge is -2.15. The number of benzene rings is 2. The molecule has 0 saturated heterocycles. The highest BCUT2D eigenvalue weighted by atomic mass is 32.2. The van der Waals surface area contributed by atoms with Gasteiger partial charge < -0.3 is 9.84 Å². The second-order valence-electron chi connectivity index (χ2n) is 6.84. The minimum atomic E-state index is -3.84. The zero-order valence-corrected chi connectivity index (χ0v) is 17.7. The molecule has 0 radical (unpaired) electrons. The highest BCUT2D eigenvalue weighted by Crippen LogP contribution is 2.33. The van der Waals surface area contributed by atoms with Gasteiger partial charge in [0.05, 0.1) is 11.6 Å². The number of anilines is 1. The third-order valence-corrected chi connectivity index (χ3v) is 6.15. The van der Waals surface area contributed by atoms with E-state index in [0.29, 0.717) is 34.0 Å². The van der Waals surface area contributed by atoms with Crippen LogP contribution in [0.15, 0.2) is 52.1 Å². The summed E-state index contributed by atoms with van der Waals surface area (Å²) in [5.41, 5.74) is 1.46. The SMILES string of the molecule is CNS(=O)(=O)c1cc(-c2ccc(F)cc2)cc2c(N[C@H](C)c3noc(C)n3)ncnc12. The van der Waals surface area contributed by atoms with Crippen LogP contribution in [0.3, 0.4) is 0 Å². The first kappa shape index (κ1) is 20.8. The van der Waals surface area contributed by atoms with Crippen LogP contribution < -0.4 is 10.0 Å². The molecule has 0 aliphatic heterocycles. The van der Waals surface area contributed by atoms with Crippen LogP contribution in [0.4, 0.5) is 10.2 Å². The number of sulfonamides is 1. The Morgan fingerprint density at radius 3 is 2.48 bits per heavy atom. The molecular weight excluding hydrogens is 423 g/mol. The Balaban J connectivity index is 1.90. The molecular formula is C20H19FN6O3S. The summed E-state index contributed by atoms with van der Waals surface area (Å²) in [4.78, 5) is 12.7. The number of nitrogens with zero attached hydrogens (tertiary/aromatic N) is 4. The molecule has 0 bridgehead atoms. The normalized spacial score (nSPS) is 12.8. The van der Waals surface area contributed by atoms with E-state index in [0.717, 1.165) is 0 Å². The molecule has 2 N–H and O–H groups in total. The van der Waals surface area contributed by atoms with E-state index in [1.165, 1.54) is 31.6 Å². The Morgan fingerprint density at radius 2 is 1.84 bits per heavy atom. The number of fused-ring (bicyclic) bond motifs is 1. The van der Waals surface area contributed by atoms with E-state index in [1.54, 1.807) is 25.1 Å². The van der Waals surface area contributed by atoms with Crippen molar-refractivity contribution in [1.82, 2.24) is 24.8 Å². The number of aromatic nitrogens is 4. The van der Waals surface area contributed by atoms with Crippen molar-refractivity contribution in [2.24, 2.45) is 0 Å². The molecule has 0 aliphatic carbocycles. The largest absolute Gasteiger partial charge is 0.360 e. The zero-order chi connectivity index (χ0) is 22.2. The van der Waals surface area contributed by atoms with Crippen LogP contribution in [0, 0.1) is 12.7 Å². The molecule has 2 heterocycles. The lowest BCUT2D eigenvalue weighted by Crippen LogP contribution is -2.19. The quantitative estimate of drug-likeness (QED) is 0.467. The molecule has 4 rings (SSSR count). The molecule has 0 saturated carbocycles. The molecule has 11 heteroatoms. The molecule has 0 aliphatic rings. The van der Waals surface area contributed by atoms with Crippen molar-refractivity contribution in [3.63, 3.8) is 0 Å². The summed E-state index contributed by atoms with van der Waals surface area (Å²) >= 11 is 0. The minimum absolute atomic E-state index is 0.0136. The number of halogens is 1. The Kier molecular flexibility index (Phi) is 5.38. The van der Waals surface area contributed by atoms with Crippen molar-refractivity contribution in [3.8, 4) is 11.1 Å². The van der Waals surface area contributed by atoms with Crippen LogP contribution in [0.2, 0.25) is 0 Å². The van der Waals surface area contributed by atoms with Gasteiger partial charge in [-0.2, -0.15) is 4.98 Å².